The van der Waals surface area contributed by atoms with Crippen LogP contribution in [0.15, 0.2) is 72.8 Å². The number of ether oxygens (including phenoxy) is 3. The zero-order valence-corrected chi connectivity index (χ0v) is 20.0. The van der Waals surface area contributed by atoms with Crippen LogP contribution in [0.4, 0.5) is 4.39 Å². The molecule has 4 nitrogen and oxygen atoms in total. The van der Waals surface area contributed by atoms with E-state index in [4.69, 9.17) is 25.8 Å². The van der Waals surface area contributed by atoms with Crippen molar-refractivity contribution >= 4 is 11.6 Å². The van der Waals surface area contributed by atoms with Gasteiger partial charge in [0.2, 0.25) is 0 Å². The van der Waals surface area contributed by atoms with E-state index in [1.807, 2.05) is 30.3 Å². The quantitative estimate of drug-likeness (QED) is 0.333. The molecule has 0 bridgehead atoms. The van der Waals surface area contributed by atoms with Gasteiger partial charge < -0.3 is 19.5 Å². The van der Waals surface area contributed by atoms with E-state index in [9.17, 15) is 4.39 Å². The Bertz CT molecular complexity index is 1020. The van der Waals surface area contributed by atoms with E-state index in [-0.39, 0.29) is 23.7 Å². The highest BCUT2D eigenvalue weighted by atomic mass is 35.5. The van der Waals surface area contributed by atoms with Crippen LogP contribution < -0.4 is 10.1 Å². The van der Waals surface area contributed by atoms with Gasteiger partial charge in [-0.1, -0.05) is 66.2 Å². The summed E-state index contributed by atoms with van der Waals surface area (Å²) in [6.45, 7) is 3.75. The van der Waals surface area contributed by atoms with Crippen molar-refractivity contribution < 1.29 is 18.6 Å². The maximum atomic E-state index is 14.2. The first-order valence-corrected chi connectivity index (χ1v) is 12.2. The molecular formula is C28H31ClFNO3. The van der Waals surface area contributed by atoms with Gasteiger partial charge in [0.15, 0.2) is 0 Å². The number of benzene rings is 3. The molecule has 6 heteroatoms. The predicted molar refractivity (Wildman–Crippen MR) is 133 cm³/mol. The Kier molecular flexibility index (Phi) is 9.34. The third-order valence-corrected chi connectivity index (χ3v) is 6.32. The highest BCUT2D eigenvalue weighted by Crippen LogP contribution is 2.30. The Morgan fingerprint density at radius 2 is 1.74 bits per heavy atom. The SMILES string of the molecule is Fc1c(Cl)cccc1COC1CNCCC1c1ccc(OCCCOCc2ccccc2)cc1. The fourth-order valence-corrected chi connectivity index (χ4v) is 4.36. The second-order valence-corrected chi connectivity index (χ2v) is 8.88. The first kappa shape index (κ1) is 24.7. The Labute approximate surface area is 206 Å². The second-order valence-electron chi connectivity index (χ2n) is 8.47. The molecule has 0 radical (unpaired) electrons. The molecule has 1 fully saturated rings. The average Bonchev–Trinajstić information content (AvgIpc) is 2.88. The molecule has 1 aliphatic rings. The minimum atomic E-state index is -0.406. The average molecular weight is 484 g/mol. The van der Waals surface area contributed by atoms with Crippen LogP contribution in [0.3, 0.4) is 0 Å². The molecule has 180 valence electrons. The van der Waals surface area contributed by atoms with Gasteiger partial charge in [0.1, 0.15) is 11.6 Å². The van der Waals surface area contributed by atoms with Crippen LogP contribution >= 0.6 is 11.6 Å². The van der Waals surface area contributed by atoms with Gasteiger partial charge in [-0.3, -0.25) is 0 Å². The molecule has 0 amide bonds. The monoisotopic (exact) mass is 483 g/mol. The number of rotatable bonds is 11. The van der Waals surface area contributed by atoms with Gasteiger partial charge in [-0.2, -0.15) is 0 Å². The number of hydrogen-bond donors (Lipinski definition) is 1. The lowest BCUT2D eigenvalue weighted by Gasteiger charge is -2.32. The summed E-state index contributed by atoms with van der Waals surface area (Å²) in [5.74, 6) is 0.680. The fraction of sp³-hybridized carbons (Fsp3) is 0.357. The topological polar surface area (TPSA) is 39.7 Å². The predicted octanol–water partition coefficient (Wildman–Crippen LogP) is 6.13. The standard InChI is InChI=1S/C28H31ClFNO3/c29-26-9-4-8-23(28(26)30)20-34-27-18-31-15-14-25(27)22-10-12-24(13-11-22)33-17-5-16-32-19-21-6-2-1-3-7-21/h1-4,6-13,25,27,31H,5,14-20H2. The molecule has 4 rings (SSSR count). The van der Waals surface area contributed by atoms with Crippen molar-refractivity contribution in [3.63, 3.8) is 0 Å². The van der Waals surface area contributed by atoms with Crippen molar-refractivity contribution in [2.75, 3.05) is 26.3 Å². The maximum absolute atomic E-state index is 14.2. The molecule has 1 heterocycles. The Morgan fingerprint density at radius 1 is 0.912 bits per heavy atom. The minimum Gasteiger partial charge on any atom is -0.494 e. The highest BCUT2D eigenvalue weighted by Gasteiger charge is 2.27. The normalized spacial score (nSPS) is 18.1. The summed E-state index contributed by atoms with van der Waals surface area (Å²) < 4.78 is 31.9. The third kappa shape index (κ3) is 7.03. The van der Waals surface area contributed by atoms with E-state index in [2.05, 4.69) is 29.6 Å². The minimum absolute atomic E-state index is 0.0411. The van der Waals surface area contributed by atoms with Crippen molar-refractivity contribution in [2.24, 2.45) is 0 Å². The smallest absolute Gasteiger partial charge is 0.147 e. The lowest BCUT2D eigenvalue weighted by Crippen LogP contribution is -2.41. The molecule has 0 spiro atoms. The van der Waals surface area contributed by atoms with Gasteiger partial charge in [-0.25, -0.2) is 4.39 Å². The van der Waals surface area contributed by atoms with E-state index in [1.54, 1.807) is 18.2 Å². The summed E-state index contributed by atoms with van der Waals surface area (Å²) in [6, 6.07) is 23.4. The Hall–Kier alpha value is -2.44. The molecule has 34 heavy (non-hydrogen) atoms. The van der Waals surface area contributed by atoms with Crippen molar-refractivity contribution in [3.8, 4) is 5.75 Å². The highest BCUT2D eigenvalue weighted by molar-refractivity contribution is 6.30. The summed E-state index contributed by atoms with van der Waals surface area (Å²) in [4.78, 5) is 0. The summed E-state index contributed by atoms with van der Waals surface area (Å²) in [7, 11) is 0. The zero-order valence-electron chi connectivity index (χ0n) is 19.2. The number of piperidine rings is 1. The zero-order chi connectivity index (χ0) is 23.6. The summed E-state index contributed by atoms with van der Waals surface area (Å²) >= 11 is 5.90. The van der Waals surface area contributed by atoms with Crippen LogP contribution in [-0.4, -0.2) is 32.4 Å². The number of nitrogens with one attached hydrogen (secondary N) is 1. The molecule has 1 N–H and O–H groups in total. The summed E-state index contributed by atoms with van der Waals surface area (Å²) in [5, 5.41) is 3.50. The maximum Gasteiger partial charge on any atom is 0.147 e. The lowest BCUT2D eigenvalue weighted by molar-refractivity contribution is 0.00939. The molecule has 2 atom stereocenters. The molecule has 1 aliphatic heterocycles. The third-order valence-electron chi connectivity index (χ3n) is 6.03. The van der Waals surface area contributed by atoms with E-state index >= 15 is 0 Å². The fourth-order valence-electron chi connectivity index (χ4n) is 4.17. The van der Waals surface area contributed by atoms with Crippen LogP contribution in [0, 0.1) is 5.82 Å². The van der Waals surface area contributed by atoms with Crippen molar-refractivity contribution in [1.82, 2.24) is 5.32 Å². The van der Waals surface area contributed by atoms with Gasteiger partial charge in [-0.15, -0.1) is 0 Å². The first-order chi connectivity index (χ1) is 16.7. The first-order valence-electron chi connectivity index (χ1n) is 11.8. The van der Waals surface area contributed by atoms with E-state index in [0.29, 0.717) is 25.4 Å². The molecule has 1 saturated heterocycles. The van der Waals surface area contributed by atoms with Crippen LogP contribution in [0.2, 0.25) is 5.02 Å². The largest absolute Gasteiger partial charge is 0.494 e. The lowest BCUT2D eigenvalue weighted by atomic mass is 9.87. The molecule has 2 unspecified atom stereocenters. The molecular weight excluding hydrogens is 453 g/mol. The molecule has 0 aromatic heterocycles. The Balaban J connectivity index is 1.23. The van der Waals surface area contributed by atoms with Gasteiger partial charge in [0.25, 0.3) is 0 Å². The van der Waals surface area contributed by atoms with Gasteiger partial charge in [0.05, 0.1) is 37.6 Å². The van der Waals surface area contributed by atoms with Crippen molar-refractivity contribution in [1.29, 1.82) is 0 Å². The van der Waals surface area contributed by atoms with Crippen molar-refractivity contribution in [2.45, 2.75) is 38.1 Å². The molecule has 0 saturated carbocycles. The Morgan fingerprint density at radius 3 is 2.56 bits per heavy atom. The van der Waals surface area contributed by atoms with E-state index < -0.39 is 5.82 Å². The number of halogens is 2. The van der Waals surface area contributed by atoms with E-state index in [0.717, 1.165) is 31.7 Å². The van der Waals surface area contributed by atoms with Crippen LogP contribution in [0.1, 0.15) is 35.4 Å². The van der Waals surface area contributed by atoms with Crippen LogP contribution in [-0.2, 0) is 22.7 Å². The molecule has 3 aromatic carbocycles. The summed E-state index contributed by atoms with van der Waals surface area (Å²) in [5.41, 5.74) is 2.86. The van der Waals surface area contributed by atoms with E-state index in [1.165, 1.54) is 11.1 Å². The number of hydrogen-bond acceptors (Lipinski definition) is 4. The van der Waals surface area contributed by atoms with Crippen molar-refractivity contribution in [3.05, 3.63) is 100 Å². The molecule has 0 aliphatic carbocycles. The van der Waals surface area contributed by atoms with Gasteiger partial charge in [0, 0.05) is 24.4 Å². The van der Waals surface area contributed by atoms with Gasteiger partial charge in [-0.05, 0) is 42.3 Å². The van der Waals surface area contributed by atoms with Gasteiger partial charge >= 0.3 is 0 Å². The van der Waals surface area contributed by atoms with Crippen LogP contribution in [0.25, 0.3) is 0 Å². The summed E-state index contributed by atoms with van der Waals surface area (Å²) in [6.07, 6.45) is 1.75. The second kappa shape index (κ2) is 12.9. The van der Waals surface area contributed by atoms with Crippen LogP contribution in [0.5, 0.6) is 5.75 Å². The molecule has 3 aromatic rings.